The van der Waals surface area contributed by atoms with Crippen molar-refractivity contribution in [3.63, 3.8) is 0 Å². The summed E-state index contributed by atoms with van der Waals surface area (Å²) in [5, 5.41) is 7.65. The van der Waals surface area contributed by atoms with Crippen LogP contribution in [-0.2, 0) is 17.9 Å². The largest absolute Gasteiger partial charge is 0.346 e. The summed E-state index contributed by atoms with van der Waals surface area (Å²) in [4.78, 5) is 37.5. The minimum atomic E-state index is -0.701. The van der Waals surface area contributed by atoms with Gasteiger partial charge in [-0.3, -0.25) is 14.8 Å². The molecular weight excluding hydrogens is 467 g/mol. The number of carbonyl (C=O) groups excluding carboxylic acids is 2. The average Bonchev–Trinajstić information content (AvgIpc) is 3.08. The lowest BCUT2D eigenvalue weighted by molar-refractivity contribution is -0.122. The number of urea groups is 1. The molecule has 33 heavy (non-hydrogen) atoms. The summed E-state index contributed by atoms with van der Waals surface area (Å²) in [5.74, 6) is -0.216. The fourth-order valence-corrected chi connectivity index (χ4v) is 3.67. The van der Waals surface area contributed by atoms with E-state index < -0.39 is 17.6 Å². The molecule has 0 aliphatic rings. The lowest BCUT2D eigenvalue weighted by Crippen LogP contribution is -2.46. The van der Waals surface area contributed by atoms with Crippen LogP contribution >= 0.6 is 23.2 Å². The minimum absolute atomic E-state index is 0.319. The highest BCUT2D eigenvalue weighted by atomic mass is 35.5. The van der Waals surface area contributed by atoms with Crippen molar-refractivity contribution in [2.75, 3.05) is 5.32 Å². The molecule has 0 saturated heterocycles. The summed E-state index contributed by atoms with van der Waals surface area (Å²) in [5.41, 5.74) is 5.20. The molecule has 1 aromatic heterocycles. The molecule has 3 rings (SSSR count). The van der Waals surface area contributed by atoms with Crippen molar-refractivity contribution in [3.8, 4) is 11.4 Å². The van der Waals surface area contributed by atoms with Gasteiger partial charge in [0.1, 0.15) is 6.54 Å². The second kappa shape index (κ2) is 11.5. The number of hydrazine groups is 1. The average molecular weight is 491 g/mol. The zero-order valence-electron chi connectivity index (χ0n) is 18.0. The van der Waals surface area contributed by atoms with Crippen LogP contribution in [0.5, 0.6) is 0 Å². The van der Waals surface area contributed by atoms with E-state index in [0.29, 0.717) is 33.7 Å². The molecule has 0 aliphatic carbocycles. The van der Waals surface area contributed by atoms with Gasteiger partial charge in [-0.05, 0) is 24.6 Å². The van der Waals surface area contributed by atoms with Crippen LogP contribution in [0.3, 0.4) is 0 Å². The lowest BCUT2D eigenvalue weighted by Gasteiger charge is -2.10. The Bertz CT molecular complexity index is 1160. The minimum Gasteiger partial charge on any atom is -0.306 e. The number of nitrogens with zero attached hydrogens (tertiary/aromatic N) is 3. The molecular formula is C22H24Cl2N6O3. The molecule has 2 aromatic carbocycles. The van der Waals surface area contributed by atoms with Crippen molar-refractivity contribution in [2.24, 2.45) is 0 Å². The van der Waals surface area contributed by atoms with Crippen LogP contribution in [0.15, 0.2) is 53.3 Å². The highest BCUT2D eigenvalue weighted by molar-refractivity contribution is 6.35. The van der Waals surface area contributed by atoms with Crippen LogP contribution in [0.2, 0.25) is 10.0 Å². The van der Waals surface area contributed by atoms with E-state index in [1.807, 2.05) is 30.3 Å². The quantitative estimate of drug-likeness (QED) is 0.326. The molecule has 1 heterocycles. The molecule has 0 spiro atoms. The number of unbranched alkanes of at least 4 members (excludes halogenated alkanes) is 2. The van der Waals surface area contributed by atoms with Crippen LogP contribution < -0.4 is 21.9 Å². The van der Waals surface area contributed by atoms with Crippen LogP contribution in [-0.4, -0.2) is 26.3 Å². The Kier molecular flexibility index (Phi) is 8.51. The number of halogens is 2. The van der Waals surface area contributed by atoms with E-state index in [9.17, 15) is 14.4 Å². The predicted molar refractivity (Wildman–Crippen MR) is 128 cm³/mol. The van der Waals surface area contributed by atoms with Gasteiger partial charge in [-0.1, -0.05) is 73.3 Å². The SMILES string of the molecule is CCCCCn1nc(-c2ccccc2)n(CC(=O)NNC(=O)Nc2cc(Cl)cc(Cl)c2)c1=O. The van der Waals surface area contributed by atoms with Gasteiger partial charge in [0.25, 0.3) is 5.91 Å². The summed E-state index contributed by atoms with van der Waals surface area (Å²) in [6, 6.07) is 13.0. The normalized spacial score (nSPS) is 10.6. The first-order valence-corrected chi connectivity index (χ1v) is 11.2. The molecule has 9 nitrogen and oxygen atoms in total. The number of aromatic nitrogens is 3. The monoisotopic (exact) mass is 490 g/mol. The Balaban J connectivity index is 1.68. The number of nitrogens with one attached hydrogen (secondary N) is 3. The van der Waals surface area contributed by atoms with E-state index in [0.717, 1.165) is 19.3 Å². The van der Waals surface area contributed by atoms with Gasteiger partial charge in [0.15, 0.2) is 5.82 Å². The first-order chi connectivity index (χ1) is 15.9. The molecule has 0 unspecified atom stereocenters. The molecule has 11 heteroatoms. The summed E-state index contributed by atoms with van der Waals surface area (Å²) >= 11 is 11.8. The Morgan fingerprint density at radius 2 is 1.70 bits per heavy atom. The first kappa shape index (κ1) is 24.3. The van der Waals surface area contributed by atoms with Gasteiger partial charge in [0.05, 0.1) is 0 Å². The summed E-state index contributed by atoms with van der Waals surface area (Å²) < 4.78 is 2.65. The van der Waals surface area contributed by atoms with Crippen molar-refractivity contribution in [3.05, 3.63) is 69.1 Å². The number of carbonyl (C=O) groups is 2. The zero-order valence-corrected chi connectivity index (χ0v) is 19.5. The van der Waals surface area contributed by atoms with E-state index in [4.69, 9.17) is 23.2 Å². The van der Waals surface area contributed by atoms with Gasteiger partial charge in [-0.25, -0.2) is 19.7 Å². The maximum Gasteiger partial charge on any atom is 0.346 e. The summed E-state index contributed by atoms with van der Waals surface area (Å²) in [6.07, 6.45) is 2.79. The van der Waals surface area contributed by atoms with Gasteiger partial charge in [-0.15, -0.1) is 5.10 Å². The second-order valence-corrected chi connectivity index (χ2v) is 8.15. The second-order valence-electron chi connectivity index (χ2n) is 7.27. The summed E-state index contributed by atoms with van der Waals surface area (Å²) in [7, 11) is 0. The number of benzene rings is 2. The molecule has 0 atom stereocenters. The molecule has 3 amide bonds. The van der Waals surface area contributed by atoms with Crippen LogP contribution in [0.1, 0.15) is 26.2 Å². The van der Waals surface area contributed by atoms with Gasteiger partial charge < -0.3 is 5.32 Å². The van der Waals surface area contributed by atoms with Crippen molar-refractivity contribution < 1.29 is 9.59 Å². The number of aryl methyl sites for hydroxylation is 1. The molecule has 3 aromatic rings. The third-order valence-corrected chi connectivity index (χ3v) is 5.10. The Hall–Kier alpha value is -3.30. The maximum atomic E-state index is 12.9. The molecule has 0 bridgehead atoms. The Morgan fingerprint density at radius 1 is 1.00 bits per heavy atom. The number of amides is 3. The highest BCUT2D eigenvalue weighted by Crippen LogP contribution is 2.22. The van der Waals surface area contributed by atoms with Crippen molar-refractivity contribution in [1.82, 2.24) is 25.2 Å². The topological polar surface area (TPSA) is 110 Å². The zero-order chi connectivity index (χ0) is 23.8. The number of hydrogen-bond acceptors (Lipinski definition) is 4. The van der Waals surface area contributed by atoms with Gasteiger partial charge in [-0.2, -0.15) is 0 Å². The van der Waals surface area contributed by atoms with Crippen LogP contribution in [0.25, 0.3) is 11.4 Å². The third kappa shape index (κ3) is 6.84. The molecule has 0 aliphatic heterocycles. The molecule has 174 valence electrons. The van der Waals surface area contributed by atoms with Crippen molar-refractivity contribution in [2.45, 2.75) is 39.3 Å². The Labute approximate surface area is 200 Å². The lowest BCUT2D eigenvalue weighted by atomic mass is 10.2. The predicted octanol–water partition coefficient (Wildman–Crippen LogP) is 4.06. The Morgan fingerprint density at radius 3 is 2.36 bits per heavy atom. The standard InChI is InChI=1S/C22H24Cl2N6O3/c1-2-3-7-10-30-22(33)29(20(28-30)15-8-5-4-6-9-15)14-19(31)26-27-21(32)25-18-12-16(23)11-17(24)13-18/h4-6,8-9,11-13H,2-3,7,10,14H2,1H3,(H,26,31)(H2,25,27,32). The summed E-state index contributed by atoms with van der Waals surface area (Å²) in [6.45, 7) is 2.22. The molecule has 3 N–H and O–H groups in total. The van der Waals surface area contributed by atoms with Gasteiger partial charge in [0, 0.05) is 27.8 Å². The number of rotatable bonds is 8. The van der Waals surface area contributed by atoms with E-state index in [1.54, 1.807) is 0 Å². The van der Waals surface area contributed by atoms with Crippen molar-refractivity contribution in [1.29, 1.82) is 0 Å². The molecule has 0 radical (unpaired) electrons. The van der Waals surface area contributed by atoms with Gasteiger partial charge in [0.2, 0.25) is 0 Å². The van der Waals surface area contributed by atoms with Crippen LogP contribution in [0, 0.1) is 0 Å². The fourth-order valence-electron chi connectivity index (χ4n) is 3.14. The molecule has 0 saturated carbocycles. The number of hydrogen-bond donors (Lipinski definition) is 3. The number of anilines is 1. The van der Waals surface area contributed by atoms with E-state index in [-0.39, 0.29) is 6.54 Å². The fraction of sp³-hybridized carbons (Fsp3) is 0.273. The van der Waals surface area contributed by atoms with Crippen LogP contribution in [0.4, 0.5) is 10.5 Å². The smallest absolute Gasteiger partial charge is 0.306 e. The maximum absolute atomic E-state index is 12.9. The first-order valence-electron chi connectivity index (χ1n) is 10.4. The van der Waals surface area contributed by atoms with Gasteiger partial charge >= 0.3 is 11.7 Å². The van der Waals surface area contributed by atoms with E-state index >= 15 is 0 Å². The van der Waals surface area contributed by atoms with Crippen molar-refractivity contribution >= 4 is 40.8 Å². The van der Waals surface area contributed by atoms with E-state index in [2.05, 4.69) is 28.2 Å². The highest BCUT2D eigenvalue weighted by Gasteiger charge is 2.18. The third-order valence-electron chi connectivity index (χ3n) is 4.67. The van der Waals surface area contributed by atoms with E-state index in [1.165, 1.54) is 27.4 Å². The molecule has 0 fully saturated rings.